The van der Waals surface area contributed by atoms with Gasteiger partial charge in [0.25, 0.3) is 5.91 Å². The molecule has 2 heterocycles. The fraction of sp³-hybridized carbons (Fsp3) is 0.513. The van der Waals surface area contributed by atoms with Gasteiger partial charge in [-0.2, -0.15) is 0 Å². The van der Waals surface area contributed by atoms with Gasteiger partial charge in [0.15, 0.2) is 0 Å². The van der Waals surface area contributed by atoms with Crippen molar-refractivity contribution in [1.82, 2.24) is 20.3 Å². The van der Waals surface area contributed by atoms with Crippen LogP contribution in [0, 0.1) is 11.3 Å². The third-order valence-corrected chi connectivity index (χ3v) is 12.7. The van der Waals surface area contributed by atoms with Crippen LogP contribution in [0.3, 0.4) is 0 Å². The number of allylic oxidation sites excluding steroid dienone is 1. The number of hydrogen-bond acceptors (Lipinski definition) is 9. The monoisotopic (exact) mass is 781 g/mol. The van der Waals surface area contributed by atoms with Crippen molar-refractivity contribution in [2.45, 2.75) is 101 Å². The van der Waals surface area contributed by atoms with Gasteiger partial charge in [-0.3, -0.25) is 19.1 Å². The third kappa shape index (κ3) is 7.82. The number of oxime groups is 1. The molecule has 0 spiro atoms. The van der Waals surface area contributed by atoms with Gasteiger partial charge in [0.2, 0.25) is 28.3 Å². The molecule has 2 aromatic rings. The predicted octanol–water partition coefficient (Wildman–Crippen LogP) is 4.49. The number of alkyl carbamates (subject to hydrolysis) is 1. The van der Waals surface area contributed by atoms with Gasteiger partial charge in [0.1, 0.15) is 29.4 Å². The van der Waals surface area contributed by atoms with Crippen molar-refractivity contribution in [3.63, 3.8) is 0 Å². The van der Waals surface area contributed by atoms with Gasteiger partial charge in [0.05, 0.1) is 24.3 Å². The molecule has 2 aliphatic heterocycles. The van der Waals surface area contributed by atoms with E-state index in [-0.39, 0.29) is 19.6 Å². The van der Waals surface area contributed by atoms with Crippen LogP contribution in [0.1, 0.15) is 82.4 Å². The molecule has 1 saturated heterocycles. The van der Waals surface area contributed by atoms with E-state index >= 15 is 0 Å². The van der Waals surface area contributed by atoms with E-state index < -0.39 is 87.0 Å². The maximum atomic E-state index is 14.5. The lowest BCUT2D eigenvalue weighted by atomic mass is 9.85. The van der Waals surface area contributed by atoms with E-state index in [0.717, 1.165) is 40.7 Å². The minimum atomic E-state index is -4.12. The summed E-state index contributed by atoms with van der Waals surface area (Å²) in [7, 11) is -4.12. The Morgan fingerprint density at radius 2 is 1.76 bits per heavy atom. The van der Waals surface area contributed by atoms with Gasteiger partial charge >= 0.3 is 6.09 Å². The zero-order valence-electron chi connectivity index (χ0n) is 30.8. The van der Waals surface area contributed by atoms with Crippen molar-refractivity contribution in [3.05, 3.63) is 65.2 Å². The molecule has 5 atom stereocenters. The Hall–Kier alpha value is -4.86. The van der Waals surface area contributed by atoms with Crippen molar-refractivity contribution in [3.8, 4) is 11.1 Å². The zero-order chi connectivity index (χ0) is 39.3. The molecule has 2 saturated carbocycles. The van der Waals surface area contributed by atoms with E-state index in [2.05, 4.69) is 15.8 Å². The van der Waals surface area contributed by atoms with Crippen LogP contribution in [0.4, 0.5) is 13.6 Å². The number of rotatable bonds is 6. The SMILES string of the molecule is CC(C)(C)[C@@H]1NC(=O)OCCCC/C=C/c2ccc3c(c2)/C(=N\O[C@@H]2C[C@@H](C(=O)N[C@@]4(C(=O)NS(=O)(=O)C5CC5)C[C@H]4C(F)F)N(C2)C1=O)c1ccccc1-3. The minimum absolute atomic E-state index is 0.109. The van der Waals surface area contributed by atoms with Gasteiger partial charge in [0, 0.05) is 17.5 Å². The summed E-state index contributed by atoms with van der Waals surface area (Å²) in [5, 5.41) is 8.87. The number of nitrogens with one attached hydrogen (secondary N) is 3. The maximum absolute atomic E-state index is 14.5. The molecule has 4 amide bonds. The Balaban J connectivity index is 1.22. The summed E-state index contributed by atoms with van der Waals surface area (Å²) in [6.45, 7) is 5.12. The smallest absolute Gasteiger partial charge is 0.407 e. The second-order valence-corrected chi connectivity index (χ2v) is 18.0. The first kappa shape index (κ1) is 38.4. The fourth-order valence-corrected chi connectivity index (χ4v) is 8.88. The van der Waals surface area contributed by atoms with Gasteiger partial charge < -0.3 is 25.1 Å². The highest BCUT2D eigenvalue weighted by molar-refractivity contribution is 7.91. The molecular weight excluding hydrogens is 737 g/mol. The molecule has 2 aromatic carbocycles. The number of hydrogen-bond donors (Lipinski definition) is 3. The minimum Gasteiger partial charge on any atom is -0.450 e. The van der Waals surface area contributed by atoms with E-state index in [1.165, 1.54) is 4.90 Å². The van der Waals surface area contributed by atoms with Crippen molar-refractivity contribution >= 4 is 45.6 Å². The number of carbonyl (C=O) groups is 4. The number of amides is 4. The lowest BCUT2D eigenvalue weighted by molar-refractivity contribution is -0.143. The highest BCUT2D eigenvalue weighted by Crippen LogP contribution is 2.48. The molecule has 55 heavy (non-hydrogen) atoms. The first-order chi connectivity index (χ1) is 26.1. The molecule has 5 aliphatic rings. The van der Waals surface area contributed by atoms with Crippen LogP contribution in [-0.2, 0) is 34.0 Å². The summed E-state index contributed by atoms with van der Waals surface area (Å²) >= 11 is 0. The second kappa shape index (κ2) is 14.7. The molecule has 3 aliphatic carbocycles. The zero-order valence-corrected chi connectivity index (χ0v) is 31.7. The van der Waals surface area contributed by atoms with Crippen LogP contribution in [0.25, 0.3) is 17.2 Å². The third-order valence-electron chi connectivity index (χ3n) is 10.9. The number of fused-ring (bicyclic) bond motifs is 6. The van der Waals surface area contributed by atoms with Gasteiger partial charge in [-0.15, -0.1) is 0 Å². The topological polar surface area (TPSA) is 173 Å². The highest BCUT2D eigenvalue weighted by Gasteiger charge is 2.67. The average molecular weight is 782 g/mol. The largest absolute Gasteiger partial charge is 0.450 e. The Bertz CT molecular complexity index is 2060. The van der Waals surface area contributed by atoms with E-state index in [1.807, 2.05) is 59.3 Å². The number of halogens is 2. The first-order valence-corrected chi connectivity index (χ1v) is 20.2. The molecule has 16 heteroatoms. The molecule has 294 valence electrons. The fourth-order valence-electron chi connectivity index (χ4n) is 7.52. The molecule has 3 fully saturated rings. The van der Waals surface area contributed by atoms with Crippen LogP contribution < -0.4 is 15.4 Å². The molecule has 0 radical (unpaired) electrons. The van der Waals surface area contributed by atoms with E-state index in [1.54, 1.807) is 20.8 Å². The Kier molecular flexibility index (Phi) is 10.2. The van der Waals surface area contributed by atoms with Crippen LogP contribution in [-0.4, -0.2) is 91.4 Å². The molecule has 0 aromatic heterocycles. The summed E-state index contributed by atoms with van der Waals surface area (Å²) in [4.78, 5) is 62.3. The normalized spacial score (nSPS) is 28.5. The number of alkyl halides is 2. The molecule has 3 N–H and O–H groups in total. The van der Waals surface area contributed by atoms with Gasteiger partial charge in [-0.25, -0.2) is 22.0 Å². The molecule has 7 rings (SSSR count). The Morgan fingerprint density at radius 3 is 2.45 bits per heavy atom. The quantitative estimate of drug-likeness (QED) is 0.328. The van der Waals surface area contributed by atoms with Crippen LogP contribution in [0.15, 0.2) is 53.7 Å². The van der Waals surface area contributed by atoms with Gasteiger partial charge in [-0.05, 0) is 66.7 Å². The highest BCUT2D eigenvalue weighted by atomic mass is 32.2. The maximum Gasteiger partial charge on any atom is 0.407 e. The summed E-state index contributed by atoms with van der Waals surface area (Å²) in [6, 6.07) is 11.2. The first-order valence-electron chi connectivity index (χ1n) is 18.6. The van der Waals surface area contributed by atoms with E-state index in [0.29, 0.717) is 25.0 Å². The number of carbonyl (C=O) groups excluding carboxylic acids is 4. The lowest BCUT2D eigenvalue weighted by Gasteiger charge is -2.35. The van der Waals surface area contributed by atoms with Crippen molar-refractivity contribution in [2.24, 2.45) is 16.5 Å². The lowest BCUT2D eigenvalue weighted by Crippen LogP contribution is -2.60. The van der Waals surface area contributed by atoms with E-state index in [4.69, 9.17) is 9.57 Å². The number of benzene rings is 2. The summed E-state index contributed by atoms with van der Waals surface area (Å²) in [6.07, 6.45) is 1.39. The summed E-state index contributed by atoms with van der Waals surface area (Å²) < 4.78 is 60.8. The number of ether oxygens (including phenoxy) is 1. The summed E-state index contributed by atoms with van der Waals surface area (Å²) in [5.74, 6) is -4.51. The van der Waals surface area contributed by atoms with Crippen molar-refractivity contribution < 1.29 is 46.0 Å². The predicted molar refractivity (Wildman–Crippen MR) is 198 cm³/mol. The number of cyclic esters (lactones) is 1. The van der Waals surface area contributed by atoms with Crippen molar-refractivity contribution in [2.75, 3.05) is 13.2 Å². The molecule has 4 bridgehead atoms. The number of sulfonamides is 1. The van der Waals surface area contributed by atoms with Crippen molar-refractivity contribution in [1.29, 1.82) is 0 Å². The van der Waals surface area contributed by atoms with Crippen LogP contribution in [0.2, 0.25) is 0 Å². The Morgan fingerprint density at radius 1 is 1.04 bits per heavy atom. The molecule has 0 unspecified atom stereocenters. The average Bonchev–Trinajstić information content (AvgIpc) is 4.04. The van der Waals surface area contributed by atoms with Crippen LogP contribution >= 0.6 is 0 Å². The molecule has 13 nitrogen and oxygen atoms in total. The van der Waals surface area contributed by atoms with Crippen LogP contribution in [0.5, 0.6) is 0 Å². The number of nitrogens with zero attached hydrogens (tertiary/aromatic N) is 2. The Labute approximate surface area is 318 Å². The molecular formula is C39H45F2N5O8S. The van der Waals surface area contributed by atoms with Gasteiger partial charge in [-0.1, -0.05) is 74.5 Å². The second-order valence-electron chi connectivity index (χ2n) is 16.0. The van der Waals surface area contributed by atoms with E-state index in [9.17, 15) is 36.4 Å². The summed E-state index contributed by atoms with van der Waals surface area (Å²) in [5.41, 5.74) is 2.00. The standard InChI is InChI=1S/C39H45F2N5O8S/c1-38(2,3)32-35(48)46-21-23(19-30(46)34(47)43-39(20-29(39)33(40)41)36(49)45-55(51,52)24-14-15-24)54-44-31-27-12-8-7-11-25(27)26-16-13-22(18-28(26)31)10-6-4-5-9-17-53-37(50)42-32/h6-8,10-13,16,18,23-24,29-30,32-33H,4-5,9,14-15,17,19-21H2,1-3H3,(H,42,50)(H,43,47)(H,45,49)/b10-6+,44-31-/t23-,29+,30+,32-,39+/m1/s1.